The van der Waals surface area contributed by atoms with Crippen molar-refractivity contribution in [2.75, 3.05) is 44.3 Å². The predicted molar refractivity (Wildman–Crippen MR) is 148 cm³/mol. The molecular formula is C28H36N8O4. The van der Waals surface area contributed by atoms with Crippen LogP contribution < -0.4 is 15.4 Å². The SMILES string of the molecule is CC1(N)CCN(c2cnc(-c3cc(OC[C@@H]4CN(C(=O)OC(C)(C)C)CCO4)cn4ncc(C#N)c34)cn2)CC1. The summed E-state index contributed by atoms with van der Waals surface area (Å²) < 4.78 is 19.1. The molecule has 0 unspecified atom stereocenters. The molecule has 3 aromatic heterocycles. The Hall–Kier alpha value is -3.95. The number of hydrogen-bond acceptors (Lipinski definition) is 10. The highest BCUT2D eigenvalue weighted by atomic mass is 16.6. The highest BCUT2D eigenvalue weighted by molar-refractivity contribution is 5.83. The molecule has 5 rings (SSSR count). The van der Waals surface area contributed by atoms with E-state index < -0.39 is 5.60 Å². The topological polar surface area (TPSA) is 144 Å². The highest BCUT2D eigenvalue weighted by Gasteiger charge is 2.29. The molecule has 3 aromatic rings. The number of nitriles is 1. The van der Waals surface area contributed by atoms with E-state index in [1.807, 2.05) is 26.8 Å². The molecule has 2 aliphatic rings. The minimum Gasteiger partial charge on any atom is -0.489 e. The summed E-state index contributed by atoms with van der Waals surface area (Å²) in [6.07, 6.45) is 7.78. The number of piperidine rings is 1. The third-order valence-electron chi connectivity index (χ3n) is 7.08. The van der Waals surface area contributed by atoms with E-state index in [-0.39, 0.29) is 24.3 Å². The second-order valence-electron chi connectivity index (χ2n) is 11.7. The number of carbonyl (C=O) groups excluding carboxylic acids is 1. The smallest absolute Gasteiger partial charge is 0.410 e. The van der Waals surface area contributed by atoms with Gasteiger partial charge in [-0.1, -0.05) is 0 Å². The number of amides is 1. The lowest BCUT2D eigenvalue weighted by atomic mass is 9.91. The normalized spacial score (nSPS) is 19.4. The summed E-state index contributed by atoms with van der Waals surface area (Å²) in [4.78, 5) is 25.7. The fourth-order valence-corrected chi connectivity index (χ4v) is 4.82. The zero-order valence-corrected chi connectivity index (χ0v) is 23.5. The lowest BCUT2D eigenvalue weighted by molar-refractivity contribution is -0.0557. The second kappa shape index (κ2) is 10.9. The van der Waals surface area contributed by atoms with Gasteiger partial charge in [-0.3, -0.25) is 4.98 Å². The maximum Gasteiger partial charge on any atom is 0.410 e. The fourth-order valence-electron chi connectivity index (χ4n) is 4.82. The van der Waals surface area contributed by atoms with Gasteiger partial charge in [0, 0.05) is 30.7 Å². The maximum absolute atomic E-state index is 12.5. The summed E-state index contributed by atoms with van der Waals surface area (Å²) in [5.41, 5.74) is 7.88. The number of aromatic nitrogens is 4. The fraction of sp³-hybridized carbons (Fsp3) is 0.536. The molecule has 0 saturated carbocycles. The van der Waals surface area contributed by atoms with Crippen LogP contribution in [0.15, 0.2) is 30.9 Å². The van der Waals surface area contributed by atoms with E-state index in [0.717, 1.165) is 31.7 Å². The maximum atomic E-state index is 12.5. The molecule has 2 fully saturated rings. The zero-order chi connectivity index (χ0) is 28.5. The molecule has 0 aromatic carbocycles. The number of fused-ring (bicyclic) bond motifs is 1. The number of carbonyl (C=O) groups is 1. The minimum atomic E-state index is -0.569. The van der Waals surface area contributed by atoms with Gasteiger partial charge in [-0.2, -0.15) is 10.4 Å². The molecule has 1 atom stereocenters. The number of rotatable bonds is 5. The van der Waals surface area contributed by atoms with Crippen LogP contribution in [0.1, 0.15) is 46.1 Å². The first-order valence-electron chi connectivity index (χ1n) is 13.5. The molecule has 12 nitrogen and oxygen atoms in total. The van der Waals surface area contributed by atoms with Crippen molar-refractivity contribution in [3.63, 3.8) is 0 Å². The molecule has 40 heavy (non-hydrogen) atoms. The Balaban J connectivity index is 1.33. The molecule has 0 aliphatic carbocycles. The van der Waals surface area contributed by atoms with Crippen LogP contribution >= 0.6 is 0 Å². The molecule has 1 amide bonds. The van der Waals surface area contributed by atoms with Crippen molar-refractivity contribution in [2.45, 2.75) is 57.8 Å². The van der Waals surface area contributed by atoms with Crippen LogP contribution in [0.5, 0.6) is 5.75 Å². The van der Waals surface area contributed by atoms with E-state index >= 15 is 0 Å². The van der Waals surface area contributed by atoms with E-state index in [2.05, 4.69) is 28.0 Å². The van der Waals surface area contributed by atoms with E-state index in [1.165, 1.54) is 6.20 Å². The third kappa shape index (κ3) is 6.26. The number of nitrogens with two attached hydrogens (primary N) is 1. The number of nitrogens with zero attached hydrogens (tertiary/aromatic N) is 7. The van der Waals surface area contributed by atoms with Crippen LogP contribution in [-0.4, -0.2) is 87.2 Å². The number of ether oxygens (including phenoxy) is 3. The minimum absolute atomic E-state index is 0.150. The Labute approximate surface area is 233 Å². The Bertz CT molecular complexity index is 1400. The van der Waals surface area contributed by atoms with Gasteiger partial charge in [0.1, 0.15) is 35.9 Å². The van der Waals surface area contributed by atoms with E-state index in [0.29, 0.717) is 47.8 Å². The largest absolute Gasteiger partial charge is 0.489 e. The Kier molecular flexibility index (Phi) is 7.53. The van der Waals surface area contributed by atoms with E-state index in [4.69, 9.17) is 24.9 Å². The van der Waals surface area contributed by atoms with Gasteiger partial charge in [0.25, 0.3) is 0 Å². The van der Waals surface area contributed by atoms with Crippen LogP contribution in [-0.2, 0) is 9.47 Å². The Morgan fingerprint density at radius 2 is 2.00 bits per heavy atom. The lowest BCUT2D eigenvalue weighted by Gasteiger charge is -2.37. The van der Waals surface area contributed by atoms with Gasteiger partial charge < -0.3 is 29.7 Å². The van der Waals surface area contributed by atoms with Crippen LogP contribution in [0.2, 0.25) is 0 Å². The summed E-state index contributed by atoms with van der Waals surface area (Å²) in [5, 5.41) is 14.0. The summed E-state index contributed by atoms with van der Waals surface area (Å²) in [5.74, 6) is 1.32. The summed E-state index contributed by atoms with van der Waals surface area (Å²) in [7, 11) is 0. The molecule has 12 heteroatoms. The van der Waals surface area contributed by atoms with Gasteiger partial charge in [0.15, 0.2) is 0 Å². The molecule has 0 bridgehead atoms. The quantitative estimate of drug-likeness (QED) is 0.505. The van der Waals surface area contributed by atoms with Crippen molar-refractivity contribution in [1.29, 1.82) is 5.26 Å². The molecule has 2 aliphatic heterocycles. The molecule has 0 radical (unpaired) electrons. The third-order valence-corrected chi connectivity index (χ3v) is 7.08. The molecule has 5 heterocycles. The zero-order valence-electron chi connectivity index (χ0n) is 23.5. The van der Waals surface area contributed by atoms with Gasteiger partial charge in [-0.15, -0.1) is 0 Å². The first kappa shape index (κ1) is 27.6. The van der Waals surface area contributed by atoms with Crippen molar-refractivity contribution in [2.24, 2.45) is 5.73 Å². The van der Waals surface area contributed by atoms with Gasteiger partial charge in [0.05, 0.1) is 54.7 Å². The second-order valence-corrected chi connectivity index (χ2v) is 11.7. The standard InChI is InChI=1S/C28H36N8O4/c1-27(2,3)40-26(37)35-9-10-38-21(16-35)18-39-20-11-22(25-19(12-29)13-33-36(25)17-20)23-14-32-24(15-31-23)34-7-5-28(4,30)6-8-34/h11,13-15,17,21H,5-10,16,18,30H2,1-4H3/t21-/m0/s1. The molecule has 2 N–H and O–H groups in total. The summed E-state index contributed by atoms with van der Waals surface area (Å²) in [6.45, 7) is 10.7. The molecule has 2 saturated heterocycles. The Morgan fingerprint density at radius 3 is 2.67 bits per heavy atom. The first-order chi connectivity index (χ1) is 19.0. The highest BCUT2D eigenvalue weighted by Crippen LogP contribution is 2.31. The number of morpholine rings is 1. The van der Waals surface area contributed by atoms with Crippen molar-refractivity contribution in [1.82, 2.24) is 24.5 Å². The lowest BCUT2D eigenvalue weighted by Crippen LogP contribution is -2.49. The van der Waals surface area contributed by atoms with Crippen molar-refractivity contribution < 1.29 is 19.0 Å². The van der Waals surface area contributed by atoms with Crippen LogP contribution in [0.3, 0.4) is 0 Å². The summed E-state index contributed by atoms with van der Waals surface area (Å²) >= 11 is 0. The van der Waals surface area contributed by atoms with Crippen LogP contribution in [0, 0.1) is 11.3 Å². The van der Waals surface area contributed by atoms with Gasteiger partial charge in [0.2, 0.25) is 0 Å². The molecule has 212 valence electrons. The van der Waals surface area contributed by atoms with Crippen LogP contribution in [0.4, 0.5) is 10.6 Å². The summed E-state index contributed by atoms with van der Waals surface area (Å²) in [6, 6.07) is 4.03. The van der Waals surface area contributed by atoms with Gasteiger partial charge in [-0.25, -0.2) is 14.3 Å². The average Bonchev–Trinajstić information content (AvgIpc) is 3.34. The van der Waals surface area contributed by atoms with E-state index in [1.54, 1.807) is 28.0 Å². The average molecular weight is 549 g/mol. The van der Waals surface area contributed by atoms with Crippen molar-refractivity contribution >= 4 is 17.4 Å². The molecular weight excluding hydrogens is 512 g/mol. The number of pyridine rings is 1. The monoisotopic (exact) mass is 548 g/mol. The molecule has 0 spiro atoms. The van der Waals surface area contributed by atoms with E-state index in [9.17, 15) is 10.1 Å². The number of anilines is 1. The van der Waals surface area contributed by atoms with Gasteiger partial charge >= 0.3 is 6.09 Å². The van der Waals surface area contributed by atoms with Gasteiger partial charge in [-0.05, 0) is 46.6 Å². The van der Waals surface area contributed by atoms with Crippen LogP contribution in [0.25, 0.3) is 16.8 Å². The van der Waals surface area contributed by atoms with Crippen molar-refractivity contribution in [3.8, 4) is 23.1 Å². The first-order valence-corrected chi connectivity index (χ1v) is 13.5. The Morgan fingerprint density at radius 1 is 1.23 bits per heavy atom. The number of hydrogen-bond donors (Lipinski definition) is 1. The van der Waals surface area contributed by atoms with Crippen molar-refractivity contribution in [3.05, 3.63) is 36.4 Å². The predicted octanol–water partition coefficient (Wildman–Crippen LogP) is 3.00.